The van der Waals surface area contributed by atoms with E-state index in [9.17, 15) is 4.39 Å². The molecule has 0 unspecified atom stereocenters. The van der Waals surface area contributed by atoms with Crippen LogP contribution in [0.15, 0.2) is 42.7 Å². The fraction of sp³-hybridized carbons (Fsp3) is 0.167. The van der Waals surface area contributed by atoms with Crippen LogP contribution in [0.25, 0.3) is 0 Å². The third-order valence-electron chi connectivity index (χ3n) is 2.16. The summed E-state index contributed by atoms with van der Waals surface area (Å²) in [5, 5.41) is 2.94. The minimum atomic E-state index is -0.330. The van der Waals surface area contributed by atoms with Gasteiger partial charge in [-0.25, -0.2) is 9.37 Å². The first-order valence-electron chi connectivity index (χ1n) is 5.10. The third-order valence-corrected chi connectivity index (χ3v) is 2.16. The van der Waals surface area contributed by atoms with Gasteiger partial charge in [0.15, 0.2) is 11.6 Å². The first kappa shape index (κ1) is 10.5. The van der Waals surface area contributed by atoms with Crippen molar-refractivity contribution in [3.63, 3.8) is 0 Å². The molecule has 0 aliphatic heterocycles. The molecule has 0 aromatic carbocycles. The summed E-state index contributed by atoms with van der Waals surface area (Å²) in [5.74, 6) is -0.0399. The Bertz CT molecular complexity index is 445. The van der Waals surface area contributed by atoms with E-state index in [-0.39, 0.29) is 5.82 Å². The van der Waals surface area contributed by atoms with Crippen LogP contribution in [0.5, 0.6) is 0 Å². The number of anilines is 1. The zero-order chi connectivity index (χ0) is 11.2. The Morgan fingerprint density at radius 3 is 2.69 bits per heavy atom. The normalized spacial score (nSPS) is 10.1. The number of rotatable bonds is 4. The van der Waals surface area contributed by atoms with Crippen LogP contribution < -0.4 is 5.32 Å². The summed E-state index contributed by atoms with van der Waals surface area (Å²) in [4.78, 5) is 8.08. The molecule has 0 radical (unpaired) electrons. The van der Waals surface area contributed by atoms with Crippen molar-refractivity contribution in [3.05, 3.63) is 54.2 Å². The number of hydrogen-bond donors (Lipinski definition) is 1. The molecule has 4 heteroatoms. The van der Waals surface area contributed by atoms with Crippen molar-refractivity contribution in [2.75, 3.05) is 11.9 Å². The minimum Gasteiger partial charge on any atom is -0.367 e. The Labute approximate surface area is 93.4 Å². The summed E-state index contributed by atoms with van der Waals surface area (Å²) >= 11 is 0. The van der Waals surface area contributed by atoms with E-state index in [1.165, 1.54) is 6.07 Å². The number of hydrogen-bond acceptors (Lipinski definition) is 3. The summed E-state index contributed by atoms with van der Waals surface area (Å²) in [6.45, 7) is 0.616. The lowest BCUT2D eigenvalue weighted by Gasteiger charge is -2.05. The van der Waals surface area contributed by atoms with E-state index in [2.05, 4.69) is 15.3 Å². The second-order valence-corrected chi connectivity index (χ2v) is 3.33. The van der Waals surface area contributed by atoms with Crippen LogP contribution in [0, 0.1) is 5.82 Å². The SMILES string of the molecule is Fc1cccnc1NCCc1ccccn1. The minimum absolute atomic E-state index is 0.290. The molecule has 0 spiro atoms. The van der Waals surface area contributed by atoms with Crippen LogP contribution in [0.1, 0.15) is 5.69 Å². The number of aromatic nitrogens is 2. The quantitative estimate of drug-likeness (QED) is 0.853. The molecule has 0 aliphatic rings. The maximum absolute atomic E-state index is 13.2. The number of halogens is 1. The summed E-state index contributed by atoms with van der Waals surface area (Å²) in [6.07, 6.45) is 4.06. The Morgan fingerprint density at radius 1 is 1.06 bits per heavy atom. The van der Waals surface area contributed by atoms with Crippen molar-refractivity contribution in [1.82, 2.24) is 9.97 Å². The van der Waals surface area contributed by atoms with Gasteiger partial charge in [0.1, 0.15) is 0 Å². The molecule has 0 saturated heterocycles. The molecule has 0 aliphatic carbocycles. The molecule has 2 aromatic rings. The number of nitrogens with one attached hydrogen (secondary N) is 1. The first-order valence-corrected chi connectivity index (χ1v) is 5.10. The summed E-state index contributed by atoms with van der Waals surface area (Å²) in [5.41, 5.74) is 0.978. The molecule has 0 amide bonds. The smallest absolute Gasteiger partial charge is 0.165 e. The van der Waals surface area contributed by atoms with E-state index in [0.29, 0.717) is 12.4 Å². The van der Waals surface area contributed by atoms with Gasteiger partial charge in [-0.3, -0.25) is 4.98 Å². The van der Waals surface area contributed by atoms with Crippen LogP contribution in [0.3, 0.4) is 0 Å². The Hall–Kier alpha value is -1.97. The lowest BCUT2D eigenvalue weighted by Crippen LogP contribution is -2.08. The van der Waals surface area contributed by atoms with Gasteiger partial charge in [0.05, 0.1) is 0 Å². The molecule has 0 atom stereocenters. The second kappa shape index (κ2) is 5.21. The van der Waals surface area contributed by atoms with Gasteiger partial charge in [0.2, 0.25) is 0 Å². The number of nitrogens with zero attached hydrogens (tertiary/aromatic N) is 2. The van der Waals surface area contributed by atoms with Crippen molar-refractivity contribution in [2.45, 2.75) is 6.42 Å². The van der Waals surface area contributed by atoms with Gasteiger partial charge in [0, 0.05) is 31.1 Å². The first-order chi connectivity index (χ1) is 7.86. The Balaban J connectivity index is 1.87. The van der Waals surface area contributed by atoms with Gasteiger partial charge in [-0.05, 0) is 24.3 Å². The molecule has 2 aromatic heterocycles. The molecule has 2 heterocycles. The topological polar surface area (TPSA) is 37.8 Å². The highest BCUT2D eigenvalue weighted by Gasteiger charge is 2.00. The lowest BCUT2D eigenvalue weighted by atomic mass is 10.3. The van der Waals surface area contributed by atoms with Gasteiger partial charge in [-0.2, -0.15) is 0 Å². The third kappa shape index (κ3) is 2.76. The maximum Gasteiger partial charge on any atom is 0.165 e. The summed E-state index contributed by atoms with van der Waals surface area (Å²) in [7, 11) is 0. The molecule has 0 saturated carbocycles. The Morgan fingerprint density at radius 2 is 1.94 bits per heavy atom. The van der Waals surface area contributed by atoms with E-state index in [4.69, 9.17) is 0 Å². The average Bonchev–Trinajstić information content (AvgIpc) is 2.33. The van der Waals surface area contributed by atoms with Crippen LogP contribution in [-0.2, 0) is 6.42 Å². The van der Waals surface area contributed by atoms with Gasteiger partial charge in [-0.1, -0.05) is 6.07 Å². The van der Waals surface area contributed by atoms with Crippen LogP contribution in [0.2, 0.25) is 0 Å². The lowest BCUT2D eigenvalue weighted by molar-refractivity contribution is 0.624. The van der Waals surface area contributed by atoms with Crippen molar-refractivity contribution < 1.29 is 4.39 Å². The van der Waals surface area contributed by atoms with Crippen molar-refractivity contribution >= 4 is 5.82 Å². The molecular weight excluding hydrogens is 205 g/mol. The standard InChI is InChI=1S/C12H12FN3/c13-11-5-3-8-15-12(11)16-9-6-10-4-1-2-7-14-10/h1-5,7-8H,6,9H2,(H,15,16). The molecule has 16 heavy (non-hydrogen) atoms. The van der Waals surface area contributed by atoms with Gasteiger partial charge >= 0.3 is 0 Å². The van der Waals surface area contributed by atoms with Crippen LogP contribution in [-0.4, -0.2) is 16.5 Å². The van der Waals surface area contributed by atoms with Gasteiger partial charge in [0.25, 0.3) is 0 Å². The van der Waals surface area contributed by atoms with E-state index in [1.807, 2.05) is 18.2 Å². The molecule has 0 bridgehead atoms. The summed E-state index contributed by atoms with van der Waals surface area (Å²) in [6, 6.07) is 8.70. The highest BCUT2D eigenvalue weighted by Crippen LogP contribution is 2.08. The van der Waals surface area contributed by atoms with E-state index >= 15 is 0 Å². The second-order valence-electron chi connectivity index (χ2n) is 3.33. The van der Waals surface area contributed by atoms with Gasteiger partial charge < -0.3 is 5.32 Å². The van der Waals surface area contributed by atoms with E-state index < -0.39 is 0 Å². The molecule has 3 nitrogen and oxygen atoms in total. The molecular formula is C12H12FN3. The fourth-order valence-electron chi connectivity index (χ4n) is 1.37. The van der Waals surface area contributed by atoms with Crippen molar-refractivity contribution in [3.8, 4) is 0 Å². The number of pyridine rings is 2. The molecule has 2 rings (SSSR count). The average molecular weight is 217 g/mol. The van der Waals surface area contributed by atoms with E-state index in [1.54, 1.807) is 18.5 Å². The van der Waals surface area contributed by atoms with Crippen LogP contribution >= 0.6 is 0 Å². The van der Waals surface area contributed by atoms with Gasteiger partial charge in [-0.15, -0.1) is 0 Å². The van der Waals surface area contributed by atoms with Crippen molar-refractivity contribution in [2.24, 2.45) is 0 Å². The monoisotopic (exact) mass is 217 g/mol. The predicted octanol–water partition coefficient (Wildman–Crippen LogP) is 2.27. The highest BCUT2D eigenvalue weighted by atomic mass is 19.1. The molecule has 0 fully saturated rings. The van der Waals surface area contributed by atoms with Crippen molar-refractivity contribution in [1.29, 1.82) is 0 Å². The maximum atomic E-state index is 13.2. The summed E-state index contributed by atoms with van der Waals surface area (Å²) < 4.78 is 13.2. The largest absolute Gasteiger partial charge is 0.367 e. The highest BCUT2D eigenvalue weighted by molar-refractivity contribution is 5.35. The zero-order valence-corrected chi connectivity index (χ0v) is 8.73. The molecule has 82 valence electrons. The van der Waals surface area contributed by atoms with Crippen LogP contribution in [0.4, 0.5) is 10.2 Å². The molecule has 1 N–H and O–H groups in total. The predicted molar refractivity (Wildman–Crippen MR) is 60.6 cm³/mol. The fourth-order valence-corrected chi connectivity index (χ4v) is 1.37. The Kier molecular flexibility index (Phi) is 3.43. The zero-order valence-electron chi connectivity index (χ0n) is 8.73. The van der Waals surface area contributed by atoms with E-state index in [0.717, 1.165) is 12.1 Å².